The predicted octanol–water partition coefficient (Wildman–Crippen LogP) is 1.86. The lowest BCUT2D eigenvalue weighted by Crippen LogP contribution is -2.42. The van der Waals surface area contributed by atoms with Crippen LogP contribution >= 0.6 is 0 Å². The molecular weight excluding hydrogens is 241 g/mol. The van der Waals surface area contributed by atoms with Gasteiger partial charge in [-0.25, -0.2) is 4.39 Å². The quantitative estimate of drug-likeness (QED) is 0.902. The Balaban J connectivity index is 2.14. The van der Waals surface area contributed by atoms with Crippen molar-refractivity contribution < 1.29 is 4.39 Å². The average molecular weight is 265 g/mol. The molecule has 1 heterocycles. The van der Waals surface area contributed by atoms with E-state index < -0.39 is 0 Å². The minimum Gasteiger partial charge on any atom is -0.369 e. The highest BCUT2D eigenvalue weighted by atomic mass is 19.1. The molecule has 1 aromatic carbocycles. The number of para-hydroxylation sites is 1. The Bertz CT molecular complexity index is 412. The molecule has 1 fully saturated rings. The van der Waals surface area contributed by atoms with Crippen molar-refractivity contribution in [2.75, 3.05) is 38.6 Å². The number of benzene rings is 1. The first-order valence-corrected chi connectivity index (χ1v) is 7.02. The topological polar surface area (TPSA) is 32.5 Å². The predicted molar refractivity (Wildman–Crippen MR) is 78.1 cm³/mol. The molecule has 1 aliphatic heterocycles. The van der Waals surface area contributed by atoms with Crippen LogP contribution in [0.1, 0.15) is 18.4 Å². The number of hydrogen-bond donors (Lipinski definition) is 1. The molecule has 3 nitrogen and oxygen atoms in total. The van der Waals surface area contributed by atoms with E-state index in [2.05, 4.69) is 23.9 Å². The van der Waals surface area contributed by atoms with Crippen molar-refractivity contribution in [3.63, 3.8) is 0 Å². The Morgan fingerprint density at radius 1 is 1.32 bits per heavy atom. The first kappa shape index (κ1) is 14.3. The van der Waals surface area contributed by atoms with Gasteiger partial charge in [-0.05, 0) is 51.5 Å². The molecule has 0 saturated carbocycles. The molecule has 1 aromatic rings. The first-order chi connectivity index (χ1) is 9.13. The molecule has 0 aliphatic carbocycles. The molecule has 4 heteroatoms. The number of piperidine rings is 1. The summed E-state index contributed by atoms with van der Waals surface area (Å²) in [4.78, 5) is 4.44. The van der Waals surface area contributed by atoms with Crippen LogP contribution in [0.5, 0.6) is 0 Å². The highest BCUT2D eigenvalue weighted by Crippen LogP contribution is 2.28. The molecule has 106 valence electrons. The summed E-state index contributed by atoms with van der Waals surface area (Å²) in [6, 6.07) is 5.92. The van der Waals surface area contributed by atoms with Gasteiger partial charge in [0.1, 0.15) is 5.82 Å². The van der Waals surface area contributed by atoms with Gasteiger partial charge in [0.2, 0.25) is 0 Å². The highest BCUT2D eigenvalue weighted by Gasteiger charge is 2.23. The third-order valence-electron chi connectivity index (χ3n) is 4.00. The minimum absolute atomic E-state index is 0.116. The van der Waals surface area contributed by atoms with E-state index in [9.17, 15) is 4.39 Å². The molecule has 0 bridgehead atoms. The molecule has 0 atom stereocenters. The van der Waals surface area contributed by atoms with Crippen molar-refractivity contribution in [1.29, 1.82) is 0 Å². The van der Waals surface area contributed by atoms with Gasteiger partial charge in [-0.1, -0.05) is 12.1 Å². The molecule has 0 radical (unpaired) electrons. The largest absolute Gasteiger partial charge is 0.369 e. The van der Waals surface area contributed by atoms with E-state index in [1.54, 1.807) is 12.1 Å². The van der Waals surface area contributed by atoms with Gasteiger partial charge in [0, 0.05) is 19.1 Å². The van der Waals surface area contributed by atoms with Crippen LogP contribution in [0, 0.1) is 5.82 Å². The number of nitrogens with zero attached hydrogens (tertiary/aromatic N) is 2. The summed E-state index contributed by atoms with van der Waals surface area (Å²) >= 11 is 0. The Morgan fingerprint density at radius 2 is 2.00 bits per heavy atom. The number of halogens is 1. The molecule has 2 rings (SSSR count). The van der Waals surface area contributed by atoms with Crippen LogP contribution in [0.2, 0.25) is 0 Å². The van der Waals surface area contributed by atoms with Crippen molar-refractivity contribution in [1.82, 2.24) is 4.90 Å². The third-order valence-corrected chi connectivity index (χ3v) is 4.00. The molecule has 0 aromatic heterocycles. The summed E-state index contributed by atoms with van der Waals surface area (Å²) < 4.78 is 14.1. The van der Waals surface area contributed by atoms with Crippen molar-refractivity contribution >= 4 is 5.69 Å². The highest BCUT2D eigenvalue weighted by molar-refractivity contribution is 5.55. The van der Waals surface area contributed by atoms with E-state index >= 15 is 0 Å². The van der Waals surface area contributed by atoms with Crippen LogP contribution in [-0.4, -0.2) is 44.7 Å². The summed E-state index contributed by atoms with van der Waals surface area (Å²) in [5, 5.41) is 0. The molecule has 0 amide bonds. The van der Waals surface area contributed by atoms with E-state index in [0.717, 1.165) is 43.6 Å². The SMILES string of the molecule is CN(C)C1CCN(c2c(F)cccc2CCN)CC1. The van der Waals surface area contributed by atoms with Gasteiger partial charge in [0.05, 0.1) is 5.69 Å². The van der Waals surface area contributed by atoms with Crippen LogP contribution in [-0.2, 0) is 6.42 Å². The lowest BCUT2D eigenvalue weighted by atomic mass is 10.0. The number of hydrogen-bond acceptors (Lipinski definition) is 3. The van der Waals surface area contributed by atoms with Crippen molar-refractivity contribution in [2.24, 2.45) is 5.73 Å². The van der Waals surface area contributed by atoms with E-state index in [-0.39, 0.29) is 5.82 Å². The van der Waals surface area contributed by atoms with Gasteiger partial charge in [0.25, 0.3) is 0 Å². The molecular formula is C15H24FN3. The van der Waals surface area contributed by atoms with Crippen LogP contribution in [0.15, 0.2) is 18.2 Å². The van der Waals surface area contributed by atoms with Crippen LogP contribution in [0.4, 0.5) is 10.1 Å². The minimum atomic E-state index is -0.116. The fraction of sp³-hybridized carbons (Fsp3) is 0.600. The Labute approximate surface area is 115 Å². The van der Waals surface area contributed by atoms with Crippen LogP contribution in [0.3, 0.4) is 0 Å². The Morgan fingerprint density at radius 3 is 2.58 bits per heavy atom. The lowest BCUT2D eigenvalue weighted by molar-refractivity contribution is 0.249. The van der Waals surface area contributed by atoms with Gasteiger partial charge < -0.3 is 15.5 Å². The zero-order chi connectivity index (χ0) is 13.8. The van der Waals surface area contributed by atoms with E-state index in [4.69, 9.17) is 5.73 Å². The summed E-state index contributed by atoms with van der Waals surface area (Å²) in [6.45, 7) is 2.40. The summed E-state index contributed by atoms with van der Waals surface area (Å²) in [5.74, 6) is -0.116. The molecule has 1 aliphatic rings. The first-order valence-electron chi connectivity index (χ1n) is 7.02. The van der Waals surface area contributed by atoms with E-state index in [0.29, 0.717) is 12.6 Å². The average Bonchev–Trinajstić information content (AvgIpc) is 2.39. The molecule has 1 saturated heterocycles. The second-order valence-corrected chi connectivity index (χ2v) is 5.47. The fourth-order valence-corrected chi connectivity index (χ4v) is 2.88. The normalized spacial score (nSPS) is 17.2. The molecule has 2 N–H and O–H groups in total. The maximum atomic E-state index is 14.1. The van der Waals surface area contributed by atoms with E-state index in [1.807, 2.05) is 6.07 Å². The van der Waals surface area contributed by atoms with Gasteiger partial charge in [0.15, 0.2) is 0 Å². The fourth-order valence-electron chi connectivity index (χ4n) is 2.88. The number of anilines is 1. The zero-order valence-electron chi connectivity index (χ0n) is 11.9. The smallest absolute Gasteiger partial charge is 0.146 e. The monoisotopic (exact) mass is 265 g/mol. The summed E-state index contributed by atoms with van der Waals surface area (Å²) in [7, 11) is 4.23. The van der Waals surface area contributed by atoms with Gasteiger partial charge in [-0.15, -0.1) is 0 Å². The summed E-state index contributed by atoms with van der Waals surface area (Å²) in [5.41, 5.74) is 7.43. The zero-order valence-corrected chi connectivity index (χ0v) is 11.9. The van der Waals surface area contributed by atoms with Crippen LogP contribution in [0.25, 0.3) is 0 Å². The number of rotatable bonds is 4. The van der Waals surface area contributed by atoms with Gasteiger partial charge >= 0.3 is 0 Å². The molecule has 19 heavy (non-hydrogen) atoms. The van der Waals surface area contributed by atoms with Gasteiger partial charge in [-0.3, -0.25) is 0 Å². The molecule has 0 unspecified atom stereocenters. The maximum Gasteiger partial charge on any atom is 0.146 e. The standard InChI is InChI=1S/C15H24FN3/c1-18(2)13-7-10-19(11-8-13)15-12(6-9-17)4-3-5-14(15)16/h3-5,13H,6-11,17H2,1-2H3. The van der Waals surface area contributed by atoms with Crippen molar-refractivity contribution in [2.45, 2.75) is 25.3 Å². The maximum absolute atomic E-state index is 14.1. The van der Waals surface area contributed by atoms with Gasteiger partial charge in [-0.2, -0.15) is 0 Å². The Kier molecular flexibility index (Phi) is 4.77. The third kappa shape index (κ3) is 3.25. The van der Waals surface area contributed by atoms with Crippen molar-refractivity contribution in [3.05, 3.63) is 29.6 Å². The Hall–Kier alpha value is -1.13. The second-order valence-electron chi connectivity index (χ2n) is 5.47. The number of nitrogens with two attached hydrogens (primary N) is 1. The second kappa shape index (κ2) is 6.35. The van der Waals surface area contributed by atoms with Crippen LogP contribution < -0.4 is 10.6 Å². The molecule has 0 spiro atoms. The lowest BCUT2D eigenvalue weighted by Gasteiger charge is -2.37. The van der Waals surface area contributed by atoms with Crippen molar-refractivity contribution in [3.8, 4) is 0 Å². The summed E-state index contributed by atoms with van der Waals surface area (Å²) in [6.07, 6.45) is 2.91. The van der Waals surface area contributed by atoms with E-state index in [1.165, 1.54) is 0 Å².